The van der Waals surface area contributed by atoms with E-state index in [1.54, 1.807) is 0 Å². The molecule has 0 unspecified atom stereocenters. The number of hydrogen-bond acceptors (Lipinski definition) is 2. The van der Waals surface area contributed by atoms with Crippen molar-refractivity contribution < 1.29 is 13.2 Å². The van der Waals surface area contributed by atoms with Gasteiger partial charge in [-0.15, -0.1) is 0 Å². The van der Waals surface area contributed by atoms with Gasteiger partial charge in [0, 0.05) is 38.7 Å². The van der Waals surface area contributed by atoms with Crippen molar-refractivity contribution in [2.24, 2.45) is 7.05 Å². The molecular weight excluding hydrogens is 399 g/mol. The SMILES string of the molecule is Cn1c(-c2ccc(C(F)(F)F)cc2)nc2c1CN(Cc1cccc3ccccc13)CC2. The molecule has 0 spiro atoms. The van der Waals surface area contributed by atoms with Crippen molar-refractivity contribution >= 4 is 10.8 Å². The average Bonchev–Trinajstić information content (AvgIpc) is 3.10. The van der Waals surface area contributed by atoms with E-state index in [9.17, 15) is 13.2 Å². The highest BCUT2D eigenvalue weighted by Gasteiger charge is 2.30. The number of aromatic nitrogens is 2. The lowest BCUT2D eigenvalue weighted by Crippen LogP contribution is -2.31. The molecule has 1 aliphatic rings. The summed E-state index contributed by atoms with van der Waals surface area (Å²) in [4.78, 5) is 7.16. The van der Waals surface area contributed by atoms with Gasteiger partial charge in [0.15, 0.2) is 0 Å². The maximum absolute atomic E-state index is 12.9. The Balaban J connectivity index is 1.40. The summed E-state index contributed by atoms with van der Waals surface area (Å²) < 4.78 is 40.7. The fraction of sp³-hybridized carbons (Fsp3) is 0.240. The van der Waals surface area contributed by atoms with Crippen LogP contribution < -0.4 is 0 Å². The lowest BCUT2D eigenvalue weighted by molar-refractivity contribution is -0.137. The van der Waals surface area contributed by atoms with Gasteiger partial charge in [-0.1, -0.05) is 54.6 Å². The number of halogens is 3. The summed E-state index contributed by atoms with van der Waals surface area (Å²) in [6.45, 7) is 2.52. The van der Waals surface area contributed by atoms with Crippen LogP contribution in [-0.2, 0) is 32.7 Å². The maximum atomic E-state index is 12.9. The number of imidazole rings is 1. The molecule has 0 saturated heterocycles. The molecule has 4 aromatic rings. The highest BCUT2D eigenvalue weighted by Crippen LogP contribution is 2.32. The van der Waals surface area contributed by atoms with Crippen LogP contribution in [-0.4, -0.2) is 21.0 Å². The Bertz CT molecular complexity index is 1230. The number of fused-ring (bicyclic) bond motifs is 2. The van der Waals surface area contributed by atoms with E-state index >= 15 is 0 Å². The molecular formula is C25H22F3N3. The first-order valence-electron chi connectivity index (χ1n) is 10.3. The van der Waals surface area contributed by atoms with E-state index < -0.39 is 11.7 Å². The zero-order chi connectivity index (χ0) is 21.6. The smallest absolute Gasteiger partial charge is 0.330 e. The van der Waals surface area contributed by atoms with Crippen LogP contribution in [0.3, 0.4) is 0 Å². The van der Waals surface area contributed by atoms with Crippen LogP contribution in [0.2, 0.25) is 0 Å². The average molecular weight is 421 g/mol. The molecule has 2 heterocycles. The molecule has 5 rings (SSSR count). The van der Waals surface area contributed by atoms with E-state index in [1.165, 1.54) is 28.5 Å². The molecule has 0 atom stereocenters. The molecule has 1 aliphatic heterocycles. The predicted octanol–water partition coefficient (Wildman–Crippen LogP) is 5.82. The van der Waals surface area contributed by atoms with Crippen LogP contribution in [0, 0.1) is 0 Å². The molecule has 0 saturated carbocycles. The normalized spacial score (nSPS) is 14.7. The predicted molar refractivity (Wildman–Crippen MR) is 115 cm³/mol. The van der Waals surface area contributed by atoms with Gasteiger partial charge < -0.3 is 4.57 Å². The zero-order valence-corrected chi connectivity index (χ0v) is 17.2. The minimum atomic E-state index is -4.33. The molecule has 0 fully saturated rings. The first-order valence-corrected chi connectivity index (χ1v) is 10.3. The van der Waals surface area contributed by atoms with E-state index in [2.05, 4.69) is 47.4 Å². The molecule has 0 N–H and O–H groups in total. The van der Waals surface area contributed by atoms with E-state index in [0.29, 0.717) is 11.4 Å². The van der Waals surface area contributed by atoms with Crippen molar-refractivity contribution in [1.29, 1.82) is 0 Å². The van der Waals surface area contributed by atoms with E-state index in [-0.39, 0.29) is 0 Å². The Morgan fingerprint density at radius 2 is 1.68 bits per heavy atom. The van der Waals surface area contributed by atoms with Crippen molar-refractivity contribution in [3.05, 3.63) is 89.2 Å². The van der Waals surface area contributed by atoms with Gasteiger partial charge in [0.1, 0.15) is 5.82 Å². The van der Waals surface area contributed by atoms with Crippen molar-refractivity contribution in [1.82, 2.24) is 14.5 Å². The maximum Gasteiger partial charge on any atom is 0.416 e. The second kappa shape index (κ2) is 7.54. The third-order valence-electron chi connectivity index (χ3n) is 6.08. The summed E-state index contributed by atoms with van der Waals surface area (Å²) in [6.07, 6.45) is -3.50. The Hall–Kier alpha value is -3.12. The van der Waals surface area contributed by atoms with Gasteiger partial charge in [-0.3, -0.25) is 4.90 Å². The fourth-order valence-corrected chi connectivity index (χ4v) is 4.41. The minimum Gasteiger partial charge on any atom is -0.330 e. The highest BCUT2D eigenvalue weighted by molar-refractivity contribution is 5.85. The van der Waals surface area contributed by atoms with Gasteiger partial charge in [0.2, 0.25) is 0 Å². The van der Waals surface area contributed by atoms with Crippen molar-refractivity contribution in [2.75, 3.05) is 6.54 Å². The van der Waals surface area contributed by atoms with Crippen molar-refractivity contribution in [2.45, 2.75) is 25.7 Å². The van der Waals surface area contributed by atoms with Crippen LogP contribution in [0.5, 0.6) is 0 Å². The summed E-state index contributed by atoms with van der Waals surface area (Å²) in [5, 5.41) is 2.51. The zero-order valence-electron chi connectivity index (χ0n) is 17.2. The number of hydrogen-bond donors (Lipinski definition) is 0. The van der Waals surface area contributed by atoms with Crippen LogP contribution in [0.1, 0.15) is 22.5 Å². The first kappa shape index (κ1) is 19.8. The Labute approximate surface area is 178 Å². The number of benzene rings is 3. The summed E-state index contributed by atoms with van der Waals surface area (Å²) in [5.74, 6) is 0.714. The molecule has 3 nitrogen and oxygen atoms in total. The van der Waals surface area contributed by atoms with Gasteiger partial charge in [-0.05, 0) is 28.5 Å². The monoisotopic (exact) mass is 421 g/mol. The fourth-order valence-electron chi connectivity index (χ4n) is 4.41. The summed E-state index contributed by atoms with van der Waals surface area (Å²) in [7, 11) is 1.94. The number of nitrogens with zero attached hydrogens (tertiary/aromatic N) is 3. The summed E-state index contributed by atoms with van der Waals surface area (Å²) in [6, 6.07) is 20.1. The Morgan fingerprint density at radius 1 is 0.935 bits per heavy atom. The van der Waals surface area contributed by atoms with Crippen LogP contribution in [0.4, 0.5) is 13.2 Å². The Kier molecular flexibility index (Phi) is 4.82. The van der Waals surface area contributed by atoms with Crippen molar-refractivity contribution in [3.63, 3.8) is 0 Å². The second-order valence-corrected chi connectivity index (χ2v) is 8.06. The Morgan fingerprint density at radius 3 is 2.45 bits per heavy atom. The number of alkyl halides is 3. The summed E-state index contributed by atoms with van der Waals surface area (Å²) >= 11 is 0. The third kappa shape index (κ3) is 3.72. The molecule has 0 bridgehead atoms. The van der Waals surface area contributed by atoms with Crippen molar-refractivity contribution in [3.8, 4) is 11.4 Å². The van der Waals surface area contributed by atoms with Crippen LogP contribution in [0.25, 0.3) is 22.2 Å². The third-order valence-corrected chi connectivity index (χ3v) is 6.08. The molecule has 0 aliphatic carbocycles. The number of rotatable bonds is 3. The van der Waals surface area contributed by atoms with E-state index in [4.69, 9.17) is 4.98 Å². The summed E-state index contributed by atoms with van der Waals surface area (Å²) in [5.41, 5.74) is 3.52. The van der Waals surface area contributed by atoms with Gasteiger partial charge in [-0.25, -0.2) is 4.98 Å². The van der Waals surface area contributed by atoms with Gasteiger partial charge in [-0.2, -0.15) is 13.2 Å². The van der Waals surface area contributed by atoms with Gasteiger partial charge >= 0.3 is 6.18 Å². The largest absolute Gasteiger partial charge is 0.416 e. The highest BCUT2D eigenvalue weighted by atomic mass is 19.4. The minimum absolute atomic E-state index is 0.642. The molecule has 3 aromatic carbocycles. The van der Waals surface area contributed by atoms with Gasteiger partial charge in [0.25, 0.3) is 0 Å². The second-order valence-electron chi connectivity index (χ2n) is 8.06. The lowest BCUT2D eigenvalue weighted by Gasteiger charge is -2.27. The quantitative estimate of drug-likeness (QED) is 0.416. The van der Waals surface area contributed by atoms with Crippen LogP contribution >= 0.6 is 0 Å². The standard InChI is InChI=1S/C25H22F3N3/c1-30-23-16-31(15-19-7-4-6-17-5-2-3-8-21(17)19)14-13-22(23)29-24(30)18-9-11-20(12-10-18)25(26,27)28/h2-12H,13-16H2,1H3. The van der Waals surface area contributed by atoms with E-state index in [1.807, 2.05) is 11.6 Å². The molecule has 0 radical (unpaired) electrons. The molecule has 6 heteroatoms. The lowest BCUT2D eigenvalue weighted by atomic mass is 10.0. The molecule has 0 amide bonds. The van der Waals surface area contributed by atoms with E-state index in [0.717, 1.165) is 49.6 Å². The topological polar surface area (TPSA) is 21.1 Å². The molecule has 1 aromatic heterocycles. The molecule has 158 valence electrons. The van der Waals surface area contributed by atoms with Crippen LogP contribution in [0.15, 0.2) is 66.7 Å². The first-order chi connectivity index (χ1) is 14.9. The van der Waals surface area contributed by atoms with Gasteiger partial charge in [0.05, 0.1) is 17.0 Å². The molecule has 31 heavy (non-hydrogen) atoms.